The Kier molecular flexibility index (Phi) is 7.34. The van der Waals surface area contributed by atoms with Gasteiger partial charge in [-0.2, -0.15) is 0 Å². The van der Waals surface area contributed by atoms with E-state index in [1.165, 1.54) is 0 Å². The third-order valence-electron chi connectivity index (χ3n) is 2.73. The van der Waals surface area contributed by atoms with Crippen molar-refractivity contribution in [2.45, 2.75) is 33.2 Å². The second-order valence-electron chi connectivity index (χ2n) is 4.81. The van der Waals surface area contributed by atoms with Crippen molar-refractivity contribution in [3.8, 4) is 0 Å². The molecule has 0 aromatic heterocycles. The van der Waals surface area contributed by atoms with Crippen LogP contribution in [0, 0.1) is 5.92 Å². The number of hydrogen-bond acceptors (Lipinski definition) is 3. The van der Waals surface area contributed by atoms with E-state index < -0.39 is 5.97 Å². The van der Waals surface area contributed by atoms with Crippen molar-refractivity contribution in [1.82, 2.24) is 9.80 Å². The van der Waals surface area contributed by atoms with E-state index >= 15 is 0 Å². The molecule has 0 aliphatic rings. The number of likely N-dealkylation sites (N-methyl/N-ethyl adjacent to an activating group) is 1. The van der Waals surface area contributed by atoms with Gasteiger partial charge in [0.05, 0.1) is 0 Å². The molecule has 0 heterocycles. The monoisotopic (exact) mass is 230 g/mol. The van der Waals surface area contributed by atoms with Crippen LogP contribution in [0.3, 0.4) is 0 Å². The van der Waals surface area contributed by atoms with E-state index in [0.29, 0.717) is 0 Å². The Balaban J connectivity index is 4.27. The van der Waals surface area contributed by atoms with Crippen molar-refractivity contribution >= 4 is 5.97 Å². The number of rotatable bonds is 8. The van der Waals surface area contributed by atoms with Crippen LogP contribution in [-0.4, -0.2) is 60.6 Å². The molecule has 0 radical (unpaired) electrons. The first-order valence-corrected chi connectivity index (χ1v) is 6.01. The molecule has 1 N–H and O–H groups in total. The lowest BCUT2D eigenvalue weighted by Gasteiger charge is -2.30. The maximum Gasteiger partial charge on any atom is 0.321 e. The normalized spacial score (nSPS) is 13.8. The Bertz CT molecular complexity index is 205. The summed E-state index contributed by atoms with van der Waals surface area (Å²) < 4.78 is 0. The second-order valence-corrected chi connectivity index (χ2v) is 4.81. The number of nitrogens with zero attached hydrogens (tertiary/aromatic N) is 2. The highest BCUT2D eigenvalue weighted by Gasteiger charge is 2.27. The first-order chi connectivity index (χ1) is 7.40. The lowest BCUT2D eigenvalue weighted by atomic mass is 10.0. The van der Waals surface area contributed by atoms with Crippen LogP contribution in [0.4, 0.5) is 0 Å². The summed E-state index contributed by atoms with van der Waals surface area (Å²) in [4.78, 5) is 15.4. The quantitative estimate of drug-likeness (QED) is 0.684. The molecule has 0 aromatic carbocycles. The molecule has 0 fully saturated rings. The van der Waals surface area contributed by atoms with Crippen LogP contribution in [0.1, 0.15) is 27.2 Å². The van der Waals surface area contributed by atoms with Crippen LogP contribution in [0.25, 0.3) is 0 Å². The smallest absolute Gasteiger partial charge is 0.321 e. The Morgan fingerprint density at radius 3 is 2.12 bits per heavy atom. The molecule has 1 unspecified atom stereocenters. The van der Waals surface area contributed by atoms with Crippen LogP contribution in [0.15, 0.2) is 0 Å². The Labute approximate surface area is 99.2 Å². The average Bonchev–Trinajstić information content (AvgIpc) is 2.14. The molecule has 4 heteroatoms. The van der Waals surface area contributed by atoms with Gasteiger partial charge >= 0.3 is 5.97 Å². The summed E-state index contributed by atoms with van der Waals surface area (Å²) in [5.41, 5.74) is 0. The predicted molar refractivity (Wildman–Crippen MR) is 66.7 cm³/mol. The summed E-state index contributed by atoms with van der Waals surface area (Å²) in [7, 11) is 4.07. The molecule has 0 bridgehead atoms. The third-order valence-corrected chi connectivity index (χ3v) is 2.73. The highest BCUT2D eigenvalue weighted by molar-refractivity contribution is 5.73. The lowest BCUT2D eigenvalue weighted by Crippen LogP contribution is -2.45. The van der Waals surface area contributed by atoms with Gasteiger partial charge in [0, 0.05) is 6.54 Å². The fourth-order valence-corrected chi connectivity index (χ4v) is 1.95. The maximum atomic E-state index is 11.2. The highest BCUT2D eigenvalue weighted by atomic mass is 16.4. The van der Waals surface area contributed by atoms with Gasteiger partial charge < -0.3 is 10.0 Å². The van der Waals surface area contributed by atoms with Crippen molar-refractivity contribution in [2.24, 2.45) is 5.92 Å². The van der Waals surface area contributed by atoms with Gasteiger partial charge in [-0.3, -0.25) is 9.69 Å². The molecule has 0 saturated heterocycles. The summed E-state index contributed by atoms with van der Waals surface area (Å²) in [5.74, 6) is -0.557. The van der Waals surface area contributed by atoms with Gasteiger partial charge in [0.15, 0.2) is 0 Å². The van der Waals surface area contributed by atoms with Crippen LogP contribution in [0.5, 0.6) is 0 Å². The minimum atomic E-state index is -0.707. The molecule has 0 rings (SSSR count). The standard InChI is InChI=1S/C12H26N2O2/c1-6-14(9-7-8-13(4)5)11(10(2)3)12(15)16/h10-11H,6-9H2,1-5H3,(H,15,16). The molecular formula is C12H26N2O2. The second kappa shape index (κ2) is 7.63. The first-order valence-electron chi connectivity index (χ1n) is 6.01. The minimum absolute atomic E-state index is 0.150. The van der Waals surface area contributed by atoms with Crippen LogP contribution >= 0.6 is 0 Å². The fourth-order valence-electron chi connectivity index (χ4n) is 1.95. The van der Waals surface area contributed by atoms with E-state index in [2.05, 4.69) is 9.80 Å². The van der Waals surface area contributed by atoms with E-state index in [1.54, 1.807) is 0 Å². The molecular weight excluding hydrogens is 204 g/mol. The van der Waals surface area contributed by atoms with Gasteiger partial charge in [0.1, 0.15) is 6.04 Å². The summed E-state index contributed by atoms with van der Waals surface area (Å²) in [6.07, 6.45) is 1.01. The predicted octanol–water partition coefficient (Wildman–Crippen LogP) is 1.37. The molecule has 96 valence electrons. The minimum Gasteiger partial charge on any atom is -0.480 e. The first kappa shape index (κ1) is 15.4. The zero-order valence-corrected chi connectivity index (χ0v) is 11.2. The number of carboxylic acids is 1. The van der Waals surface area contributed by atoms with Crippen LogP contribution in [0.2, 0.25) is 0 Å². The number of carboxylic acid groups (broad SMARTS) is 1. The summed E-state index contributed by atoms with van der Waals surface area (Å²) in [5, 5.41) is 9.20. The van der Waals surface area contributed by atoms with E-state index in [9.17, 15) is 9.90 Å². The van der Waals surface area contributed by atoms with E-state index in [0.717, 1.165) is 26.1 Å². The molecule has 16 heavy (non-hydrogen) atoms. The lowest BCUT2D eigenvalue weighted by molar-refractivity contribution is -0.145. The molecule has 0 aliphatic heterocycles. The van der Waals surface area contributed by atoms with Gasteiger partial charge in [-0.15, -0.1) is 0 Å². The largest absolute Gasteiger partial charge is 0.480 e. The summed E-state index contributed by atoms with van der Waals surface area (Å²) in [6.45, 7) is 8.60. The molecule has 0 amide bonds. The Morgan fingerprint density at radius 1 is 1.25 bits per heavy atom. The van der Waals surface area contributed by atoms with Crippen molar-refractivity contribution in [1.29, 1.82) is 0 Å². The molecule has 0 saturated carbocycles. The van der Waals surface area contributed by atoms with Crippen molar-refractivity contribution in [3.05, 3.63) is 0 Å². The van der Waals surface area contributed by atoms with Gasteiger partial charge in [0.2, 0.25) is 0 Å². The summed E-state index contributed by atoms with van der Waals surface area (Å²) in [6, 6.07) is -0.354. The molecule has 0 aliphatic carbocycles. The van der Waals surface area contributed by atoms with Crippen molar-refractivity contribution in [3.63, 3.8) is 0 Å². The topological polar surface area (TPSA) is 43.8 Å². The van der Waals surface area contributed by atoms with Crippen LogP contribution in [-0.2, 0) is 4.79 Å². The molecule has 0 aromatic rings. The van der Waals surface area contributed by atoms with Crippen LogP contribution < -0.4 is 0 Å². The fraction of sp³-hybridized carbons (Fsp3) is 0.917. The SMILES string of the molecule is CCN(CCCN(C)C)C(C(=O)O)C(C)C. The van der Waals surface area contributed by atoms with Crippen molar-refractivity contribution in [2.75, 3.05) is 33.7 Å². The van der Waals surface area contributed by atoms with Crippen molar-refractivity contribution < 1.29 is 9.90 Å². The maximum absolute atomic E-state index is 11.2. The average molecular weight is 230 g/mol. The van der Waals surface area contributed by atoms with Gasteiger partial charge in [-0.25, -0.2) is 0 Å². The highest BCUT2D eigenvalue weighted by Crippen LogP contribution is 2.11. The molecule has 1 atom stereocenters. The zero-order valence-electron chi connectivity index (χ0n) is 11.2. The van der Waals surface area contributed by atoms with E-state index in [-0.39, 0.29) is 12.0 Å². The van der Waals surface area contributed by atoms with E-state index in [1.807, 2.05) is 34.9 Å². The molecule has 4 nitrogen and oxygen atoms in total. The van der Waals surface area contributed by atoms with Gasteiger partial charge in [-0.05, 0) is 39.5 Å². The number of carbonyl (C=O) groups is 1. The Hall–Kier alpha value is -0.610. The van der Waals surface area contributed by atoms with E-state index in [4.69, 9.17) is 0 Å². The number of aliphatic carboxylic acids is 1. The van der Waals surface area contributed by atoms with Gasteiger partial charge in [-0.1, -0.05) is 20.8 Å². The number of hydrogen-bond donors (Lipinski definition) is 1. The zero-order chi connectivity index (χ0) is 12.7. The van der Waals surface area contributed by atoms with Gasteiger partial charge in [0.25, 0.3) is 0 Å². The third kappa shape index (κ3) is 5.47. The summed E-state index contributed by atoms with van der Waals surface area (Å²) >= 11 is 0. The Morgan fingerprint density at radius 2 is 1.81 bits per heavy atom. The molecule has 0 spiro atoms.